The molecule has 3 nitrogen and oxygen atoms in total. The predicted molar refractivity (Wildman–Crippen MR) is 109 cm³/mol. The van der Waals surface area contributed by atoms with Crippen LogP contribution < -0.4 is 5.32 Å². The van der Waals surface area contributed by atoms with E-state index in [0.29, 0.717) is 6.04 Å². The van der Waals surface area contributed by atoms with Gasteiger partial charge in [0.25, 0.3) is 0 Å². The van der Waals surface area contributed by atoms with Crippen LogP contribution in [-0.2, 0) is 6.42 Å². The largest absolute Gasteiger partial charge is 0.362 e. The Morgan fingerprint density at radius 1 is 0.960 bits per heavy atom. The Morgan fingerprint density at radius 2 is 1.56 bits per heavy atom. The van der Waals surface area contributed by atoms with Gasteiger partial charge in [-0.3, -0.25) is 4.90 Å². The van der Waals surface area contributed by atoms with Crippen molar-refractivity contribution < 1.29 is 0 Å². The van der Waals surface area contributed by atoms with Gasteiger partial charge in [-0.25, -0.2) is 0 Å². The zero-order chi connectivity index (χ0) is 17.5. The van der Waals surface area contributed by atoms with Gasteiger partial charge in [0.05, 0.1) is 0 Å². The molecule has 1 unspecified atom stereocenters. The molecule has 0 aromatic heterocycles. The Kier molecular flexibility index (Phi) is 6.42. The van der Waals surface area contributed by atoms with E-state index in [2.05, 4.69) is 82.7 Å². The molecular weight excluding hydrogens is 326 g/mol. The lowest BCUT2D eigenvalue weighted by molar-refractivity contribution is 0.140. The molecule has 3 rings (SSSR count). The fraction of sp³-hybridized carbons (Fsp3) is 0.381. The molecule has 1 aliphatic heterocycles. The Balaban J connectivity index is 1.41. The summed E-state index contributed by atoms with van der Waals surface area (Å²) >= 11 is 5.58. The summed E-state index contributed by atoms with van der Waals surface area (Å²) < 4.78 is 0. The number of nitrogens with one attached hydrogen (secondary N) is 1. The summed E-state index contributed by atoms with van der Waals surface area (Å²) in [5.74, 6) is 0. The third-order valence-electron chi connectivity index (χ3n) is 4.96. The van der Waals surface area contributed by atoms with Crippen molar-refractivity contribution >= 4 is 17.3 Å². The average molecular weight is 354 g/mol. The maximum Gasteiger partial charge on any atom is 0.169 e. The quantitative estimate of drug-likeness (QED) is 0.829. The standard InChI is InChI=1S/C21H27N3S/c1-18(20-10-6-3-7-11-20)23-14-16-24(17-15-23)21(25)22-13-12-19-8-4-2-5-9-19/h2-11,18H,12-17H2,1H3,(H,22,25). The van der Waals surface area contributed by atoms with E-state index in [9.17, 15) is 0 Å². The third-order valence-corrected chi connectivity index (χ3v) is 5.37. The molecule has 1 atom stereocenters. The van der Waals surface area contributed by atoms with Gasteiger partial charge in [0.1, 0.15) is 0 Å². The van der Waals surface area contributed by atoms with Gasteiger partial charge in [-0.15, -0.1) is 0 Å². The number of thiocarbonyl (C=S) groups is 1. The first-order valence-corrected chi connectivity index (χ1v) is 9.50. The van der Waals surface area contributed by atoms with Crippen LogP contribution in [0.15, 0.2) is 60.7 Å². The minimum atomic E-state index is 0.461. The van der Waals surface area contributed by atoms with Gasteiger partial charge in [0.2, 0.25) is 0 Å². The lowest BCUT2D eigenvalue weighted by atomic mass is 10.1. The number of hydrogen-bond donors (Lipinski definition) is 1. The number of piperazine rings is 1. The van der Waals surface area contributed by atoms with Gasteiger partial charge < -0.3 is 10.2 Å². The summed E-state index contributed by atoms with van der Waals surface area (Å²) in [6, 6.07) is 21.7. The maximum atomic E-state index is 5.58. The van der Waals surface area contributed by atoms with E-state index in [1.54, 1.807) is 0 Å². The molecule has 1 N–H and O–H groups in total. The van der Waals surface area contributed by atoms with Crippen molar-refractivity contribution in [3.63, 3.8) is 0 Å². The number of rotatable bonds is 5. The van der Waals surface area contributed by atoms with Crippen LogP contribution in [0.3, 0.4) is 0 Å². The predicted octanol–water partition coefficient (Wildman–Crippen LogP) is 3.48. The normalized spacial score (nSPS) is 16.4. The highest BCUT2D eigenvalue weighted by atomic mass is 32.1. The van der Waals surface area contributed by atoms with Crippen molar-refractivity contribution in [3.05, 3.63) is 71.8 Å². The van der Waals surface area contributed by atoms with E-state index in [1.165, 1.54) is 11.1 Å². The first kappa shape index (κ1) is 17.9. The SMILES string of the molecule is CC(c1ccccc1)N1CCN(C(=S)NCCc2ccccc2)CC1. The fourth-order valence-electron chi connectivity index (χ4n) is 3.32. The van der Waals surface area contributed by atoms with Gasteiger partial charge in [0, 0.05) is 38.8 Å². The van der Waals surface area contributed by atoms with Gasteiger partial charge in [-0.05, 0) is 36.7 Å². The van der Waals surface area contributed by atoms with E-state index in [4.69, 9.17) is 12.2 Å². The fourth-order valence-corrected chi connectivity index (χ4v) is 3.61. The third kappa shape index (κ3) is 5.03. The molecule has 0 bridgehead atoms. The smallest absolute Gasteiger partial charge is 0.169 e. The second-order valence-electron chi connectivity index (χ2n) is 6.58. The van der Waals surface area contributed by atoms with Crippen molar-refractivity contribution in [1.29, 1.82) is 0 Å². The topological polar surface area (TPSA) is 18.5 Å². The monoisotopic (exact) mass is 353 g/mol. The highest BCUT2D eigenvalue weighted by Gasteiger charge is 2.23. The van der Waals surface area contributed by atoms with Crippen molar-refractivity contribution in [2.75, 3.05) is 32.7 Å². The second kappa shape index (κ2) is 8.97. The number of nitrogens with zero attached hydrogens (tertiary/aromatic N) is 2. The molecular formula is C21H27N3S. The summed E-state index contributed by atoms with van der Waals surface area (Å²) in [5.41, 5.74) is 2.74. The summed E-state index contributed by atoms with van der Waals surface area (Å²) in [7, 11) is 0. The van der Waals surface area contributed by atoms with Crippen molar-refractivity contribution in [1.82, 2.24) is 15.1 Å². The van der Waals surface area contributed by atoms with Crippen LogP contribution in [-0.4, -0.2) is 47.6 Å². The summed E-state index contributed by atoms with van der Waals surface area (Å²) in [5, 5.41) is 4.31. The Morgan fingerprint density at radius 3 is 2.20 bits per heavy atom. The van der Waals surface area contributed by atoms with Crippen LogP contribution in [0.5, 0.6) is 0 Å². The second-order valence-corrected chi connectivity index (χ2v) is 6.96. The van der Waals surface area contributed by atoms with Crippen LogP contribution >= 0.6 is 12.2 Å². The Labute approximate surface area is 156 Å². The van der Waals surface area contributed by atoms with E-state index < -0.39 is 0 Å². The molecule has 2 aromatic carbocycles. The molecule has 0 spiro atoms. The highest BCUT2D eigenvalue weighted by Crippen LogP contribution is 2.21. The zero-order valence-corrected chi connectivity index (χ0v) is 15.7. The summed E-state index contributed by atoms with van der Waals surface area (Å²) in [6.07, 6.45) is 1.01. The minimum Gasteiger partial charge on any atom is -0.362 e. The van der Waals surface area contributed by atoms with E-state index in [1.807, 2.05) is 0 Å². The molecule has 1 heterocycles. The summed E-state index contributed by atoms with van der Waals surface area (Å²) in [4.78, 5) is 4.84. The molecule has 132 valence electrons. The number of hydrogen-bond acceptors (Lipinski definition) is 2. The van der Waals surface area contributed by atoms with Crippen molar-refractivity contribution in [2.45, 2.75) is 19.4 Å². The Hall–Kier alpha value is -1.91. The molecule has 0 saturated carbocycles. The van der Waals surface area contributed by atoms with Crippen molar-refractivity contribution in [2.24, 2.45) is 0 Å². The number of benzene rings is 2. The first-order chi connectivity index (χ1) is 12.2. The van der Waals surface area contributed by atoms with Gasteiger partial charge in [-0.2, -0.15) is 0 Å². The van der Waals surface area contributed by atoms with Crippen LogP contribution in [0, 0.1) is 0 Å². The molecule has 0 radical (unpaired) electrons. The van der Waals surface area contributed by atoms with Crippen molar-refractivity contribution in [3.8, 4) is 0 Å². The molecule has 1 aliphatic rings. The van der Waals surface area contributed by atoms with Crippen LogP contribution in [0.2, 0.25) is 0 Å². The maximum absolute atomic E-state index is 5.58. The van der Waals surface area contributed by atoms with Crippen LogP contribution in [0.1, 0.15) is 24.1 Å². The summed E-state index contributed by atoms with van der Waals surface area (Å²) in [6.45, 7) is 7.28. The molecule has 25 heavy (non-hydrogen) atoms. The molecule has 0 aliphatic carbocycles. The lowest BCUT2D eigenvalue weighted by Gasteiger charge is -2.39. The van der Waals surface area contributed by atoms with Gasteiger partial charge in [0.15, 0.2) is 5.11 Å². The van der Waals surface area contributed by atoms with Gasteiger partial charge >= 0.3 is 0 Å². The Bertz CT molecular complexity index is 651. The van der Waals surface area contributed by atoms with E-state index in [-0.39, 0.29) is 0 Å². The van der Waals surface area contributed by atoms with E-state index >= 15 is 0 Å². The zero-order valence-electron chi connectivity index (χ0n) is 14.9. The first-order valence-electron chi connectivity index (χ1n) is 9.10. The molecule has 4 heteroatoms. The molecule has 1 saturated heterocycles. The molecule has 1 fully saturated rings. The van der Waals surface area contributed by atoms with Crippen LogP contribution in [0.4, 0.5) is 0 Å². The molecule has 2 aromatic rings. The van der Waals surface area contributed by atoms with Crippen LogP contribution in [0.25, 0.3) is 0 Å². The lowest BCUT2D eigenvalue weighted by Crippen LogP contribution is -2.52. The highest BCUT2D eigenvalue weighted by molar-refractivity contribution is 7.80. The average Bonchev–Trinajstić information content (AvgIpc) is 2.69. The minimum absolute atomic E-state index is 0.461. The molecule has 0 amide bonds. The van der Waals surface area contributed by atoms with Gasteiger partial charge in [-0.1, -0.05) is 60.7 Å². The van der Waals surface area contributed by atoms with E-state index in [0.717, 1.165) is 44.3 Å².